The van der Waals surface area contributed by atoms with E-state index in [0.717, 1.165) is 72.2 Å². The van der Waals surface area contributed by atoms with Crippen LogP contribution in [0.25, 0.3) is 11.1 Å². The molecule has 5 heterocycles. The van der Waals surface area contributed by atoms with E-state index in [0.29, 0.717) is 95.3 Å². The average Bonchev–Trinajstić information content (AvgIpc) is 3.92. The van der Waals surface area contributed by atoms with Crippen LogP contribution in [0.4, 0.5) is 15.0 Å². The van der Waals surface area contributed by atoms with Gasteiger partial charge in [0.25, 0.3) is 5.91 Å². The molecule has 6 aromatic rings. The third-order valence-corrected chi connectivity index (χ3v) is 15.7. The first-order valence-electron chi connectivity index (χ1n) is 27.8. The molecule has 4 aromatic carbocycles. The van der Waals surface area contributed by atoms with E-state index in [4.69, 9.17) is 53.2 Å². The highest BCUT2D eigenvalue weighted by atomic mass is 35.5. The number of aliphatic imine (C=N–C) groups is 1. The van der Waals surface area contributed by atoms with Crippen LogP contribution in [0.1, 0.15) is 141 Å². The lowest BCUT2D eigenvalue weighted by Gasteiger charge is -2.38. The number of amides is 4. The smallest absolute Gasteiger partial charge is 0.326 e. The van der Waals surface area contributed by atoms with Gasteiger partial charge in [-0.1, -0.05) is 73.2 Å². The molecule has 0 aliphatic carbocycles. The summed E-state index contributed by atoms with van der Waals surface area (Å²) in [7, 11) is 3.29. The van der Waals surface area contributed by atoms with Crippen molar-refractivity contribution in [3.8, 4) is 28.4 Å². The van der Waals surface area contributed by atoms with Gasteiger partial charge in [0.1, 0.15) is 47.6 Å². The van der Waals surface area contributed by atoms with Gasteiger partial charge in [0.2, 0.25) is 5.91 Å². The van der Waals surface area contributed by atoms with Gasteiger partial charge in [-0.05, 0) is 119 Å². The van der Waals surface area contributed by atoms with E-state index in [-0.39, 0.29) is 48.6 Å². The summed E-state index contributed by atoms with van der Waals surface area (Å²) >= 11 is 12.8. The van der Waals surface area contributed by atoms with Crippen molar-refractivity contribution in [1.29, 1.82) is 0 Å². The fourth-order valence-corrected chi connectivity index (χ4v) is 11.3. The molecule has 0 saturated carbocycles. The number of nitrogens with two attached hydrogens (primary N) is 1. The van der Waals surface area contributed by atoms with Gasteiger partial charge >= 0.3 is 6.03 Å². The van der Waals surface area contributed by atoms with Gasteiger partial charge in [-0.15, -0.1) is 0 Å². The van der Waals surface area contributed by atoms with Gasteiger partial charge in [-0.25, -0.2) is 14.2 Å². The molecule has 0 radical (unpaired) electrons. The predicted octanol–water partition coefficient (Wildman–Crippen LogP) is 12.4. The Kier molecular flexibility index (Phi) is 18.6. The predicted molar refractivity (Wildman–Crippen MR) is 311 cm³/mol. The number of Topliss-reactive ketones (excluding diaryl/α,β-unsaturated/α-hetero) is 1. The number of methoxy groups -OCH3 is 1. The molecule has 426 valence electrons. The highest BCUT2D eigenvalue weighted by Gasteiger charge is 2.46. The van der Waals surface area contributed by atoms with Crippen molar-refractivity contribution in [3.63, 3.8) is 0 Å². The molecule has 3 aliphatic rings. The number of aromatic nitrogens is 3. The van der Waals surface area contributed by atoms with Crippen molar-refractivity contribution in [2.45, 2.75) is 123 Å². The normalized spacial score (nSPS) is 17.3. The molecular formula is C62H70Cl2FN9O7. The number of ketones is 1. The molecule has 0 unspecified atom stereocenters. The van der Waals surface area contributed by atoms with E-state index < -0.39 is 24.0 Å². The zero-order chi connectivity index (χ0) is 57.5. The largest absolute Gasteiger partial charge is 0.497 e. The van der Waals surface area contributed by atoms with Crippen LogP contribution in [-0.4, -0.2) is 110 Å². The van der Waals surface area contributed by atoms with Gasteiger partial charge < -0.3 is 34.6 Å². The second kappa shape index (κ2) is 26.0. The number of benzene rings is 4. The van der Waals surface area contributed by atoms with Crippen LogP contribution in [0.3, 0.4) is 0 Å². The lowest BCUT2D eigenvalue weighted by Crippen LogP contribution is -2.56. The van der Waals surface area contributed by atoms with Gasteiger partial charge in [-0.2, -0.15) is 5.10 Å². The molecule has 0 spiro atoms. The Balaban J connectivity index is 0.761. The van der Waals surface area contributed by atoms with Gasteiger partial charge in [0.05, 0.1) is 42.8 Å². The summed E-state index contributed by atoms with van der Waals surface area (Å²) in [6.45, 7) is 9.45. The van der Waals surface area contributed by atoms with E-state index >= 15 is 4.79 Å². The molecule has 2 N–H and O–H groups in total. The molecule has 19 heteroatoms. The number of anilines is 1. The Labute approximate surface area is 483 Å². The van der Waals surface area contributed by atoms with Crippen molar-refractivity contribution in [1.82, 2.24) is 34.4 Å². The molecule has 81 heavy (non-hydrogen) atoms. The molecule has 4 amide bonds. The molecular weight excluding hydrogens is 1070 g/mol. The monoisotopic (exact) mass is 1140 g/mol. The van der Waals surface area contributed by atoms with Crippen LogP contribution in [0, 0.1) is 12.7 Å². The zero-order valence-corrected chi connectivity index (χ0v) is 48.3. The number of nitrogens with zero attached hydrogens (tertiary/aromatic N) is 8. The number of hydrogen-bond acceptors (Lipinski definition) is 11. The molecule has 2 bridgehead atoms. The Morgan fingerprint density at radius 2 is 1.51 bits per heavy atom. The highest BCUT2D eigenvalue weighted by molar-refractivity contribution is 6.30. The fourth-order valence-electron chi connectivity index (χ4n) is 11.0. The van der Waals surface area contributed by atoms with Crippen LogP contribution in [0.2, 0.25) is 10.0 Å². The Morgan fingerprint density at radius 3 is 2.21 bits per heavy atom. The van der Waals surface area contributed by atoms with E-state index in [9.17, 15) is 18.8 Å². The number of carbonyl (C=O) groups is 4. The number of unbranched alkanes of at least 4 members (excludes halogenated alkanes) is 5. The SMILES string of the molecule is COc1ccc(C2=N[C@H](c3ccc(Cl)cc3)[C@H](c3ccc(Cl)cc3)N2C(=O)N2CCN(CCCCCCCCC(=O)CCCn3nc(C)c4c3CN(C)C(=O)c3ccc(F)cc3[C@@H](C)Oc3cc-4cnc3N)C(=O)C2)c(OC(C)C)c1. The molecule has 3 atom stereocenters. The Bertz CT molecular complexity index is 3300. The van der Waals surface area contributed by atoms with Crippen LogP contribution in [0.15, 0.2) is 102 Å². The van der Waals surface area contributed by atoms with E-state index in [1.165, 1.54) is 18.2 Å². The first-order valence-corrected chi connectivity index (χ1v) is 28.6. The lowest BCUT2D eigenvalue weighted by atomic mass is 9.93. The standard InChI is InChI=1S/C62H70Cl2FN9O7/c1-38(2)80-53-34-48(79-6)25-27-50(53)60-68-57(41-16-20-44(63)21-17-41)58(42-18-22-45(64)23-19-42)74(60)62(78)72-31-30-71(55(76)37-72)28-12-10-8-7-9-11-14-47(75)15-13-29-73-52-36-70(5)61(77)49-26-24-46(65)33-51(49)40(4)81-54-32-43(35-67-59(54)66)56(52)39(3)69-73/h16-27,32-35,38,40,57-58H,7-15,28-31,36-37H2,1-6H3,(H2,66,67)/t40-,57-,58+/m1/s1. The Morgan fingerprint density at radius 1 is 0.827 bits per heavy atom. The third-order valence-electron chi connectivity index (χ3n) is 15.2. The summed E-state index contributed by atoms with van der Waals surface area (Å²) in [5.74, 6) is 1.30. The minimum Gasteiger partial charge on any atom is -0.497 e. The minimum atomic E-state index is -0.693. The van der Waals surface area contributed by atoms with Crippen molar-refractivity contribution >= 4 is 58.5 Å². The Hall–Kier alpha value is -7.50. The third kappa shape index (κ3) is 13.5. The van der Waals surface area contributed by atoms with Gasteiger partial charge in [-0.3, -0.25) is 29.0 Å². The van der Waals surface area contributed by atoms with Crippen LogP contribution < -0.4 is 19.9 Å². The number of nitrogen functional groups attached to an aromatic ring is 1. The number of urea groups is 1. The molecule has 1 fully saturated rings. The number of amidine groups is 1. The maximum atomic E-state index is 15.1. The number of pyridine rings is 1. The summed E-state index contributed by atoms with van der Waals surface area (Å²) in [6.07, 6.45) is 7.66. The second-order valence-corrected chi connectivity index (χ2v) is 22.2. The zero-order valence-electron chi connectivity index (χ0n) is 46.8. The summed E-state index contributed by atoms with van der Waals surface area (Å²) in [4.78, 5) is 72.6. The number of piperazine rings is 1. The second-order valence-electron chi connectivity index (χ2n) is 21.3. The molecule has 9 rings (SSSR count). The fraction of sp³-hybridized carbons (Fsp3) is 0.403. The number of hydrogen-bond donors (Lipinski definition) is 1. The highest BCUT2D eigenvalue weighted by Crippen LogP contribution is 2.46. The molecule has 3 aliphatic heterocycles. The van der Waals surface area contributed by atoms with Crippen molar-refractivity contribution in [2.75, 3.05) is 46.1 Å². The minimum absolute atomic E-state index is 0.0768. The van der Waals surface area contributed by atoms with Crippen LogP contribution in [0.5, 0.6) is 17.2 Å². The summed E-state index contributed by atoms with van der Waals surface area (Å²) in [5, 5.41) is 6.01. The van der Waals surface area contributed by atoms with Gasteiger partial charge in [0, 0.05) is 90.6 Å². The summed E-state index contributed by atoms with van der Waals surface area (Å²) < 4.78 is 34.5. The number of fused-ring (bicyclic) bond motifs is 5. The van der Waals surface area contributed by atoms with Gasteiger partial charge in [0.15, 0.2) is 11.6 Å². The van der Waals surface area contributed by atoms with Crippen LogP contribution >= 0.6 is 23.2 Å². The number of ether oxygens (including phenoxy) is 3. The summed E-state index contributed by atoms with van der Waals surface area (Å²) in [5.41, 5.74) is 12.3. The maximum absolute atomic E-state index is 15.1. The topological polar surface area (TPSA) is 178 Å². The van der Waals surface area contributed by atoms with Crippen LogP contribution in [-0.2, 0) is 22.7 Å². The number of aryl methyl sites for hydroxylation is 2. The first-order chi connectivity index (χ1) is 39.0. The van der Waals surface area contributed by atoms with E-state index in [1.54, 1.807) is 66.2 Å². The molecule has 1 saturated heterocycles. The van der Waals surface area contributed by atoms with E-state index in [2.05, 4.69) is 4.98 Å². The first kappa shape index (κ1) is 58.2. The maximum Gasteiger partial charge on any atom is 0.326 e. The van der Waals surface area contributed by atoms with Crippen molar-refractivity contribution < 1.29 is 37.8 Å². The van der Waals surface area contributed by atoms with Crippen molar-refractivity contribution in [3.05, 3.63) is 152 Å². The number of rotatable bonds is 19. The number of halogens is 3. The van der Waals surface area contributed by atoms with Crippen molar-refractivity contribution in [2.24, 2.45) is 4.99 Å². The number of carbonyl (C=O) groups excluding carboxylic acids is 4. The quantitative estimate of drug-likeness (QED) is 0.0768. The molecule has 2 aromatic heterocycles. The average molecular weight is 1140 g/mol. The van der Waals surface area contributed by atoms with E-state index in [1.807, 2.05) is 78.9 Å². The summed E-state index contributed by atoms with van der Waals surface area (Å²) in [6, 6.07) is 24.7. The lowest BCUT2D eigenvalue weighted by molar-refractivity contribution is -0.135. The molecule has 16 nitrogen and oxygen atoms in total.